The molecule has 1 nitrogen and oxygen atoms in total. The molecular formula is C57H39N. The zero-order valence-corrected chi connectivity index (χ0v) is 32.0. The highest BCUT2D eigenvalue weighted by Gasteiger charge is 2.47. The van der Waals surface area contributed by atoms with Gasteiger partial charge in [-0.25, -0.2) is 0 Å². The summed E-state index contributed by atoms with van der Waals surface area (Å²) in [5, 5.41) is 4.97. The van der Waals surface area contributed by atoms with E-state index in [4.69, 9.17) is 0 Å². The number of benzene rings is 10. The molecule has 10 aromatic rings. The Labute approximate surface area is 339 Å². The molecule has 11 rings (SSSR count). The van der Waals surface area contributed by atoms with E-state index in [0.717, 1.165) is 17.1 Å². The molecule has 1 aliphatic rings. The first kappa shape index (κ1) is 33.8. The van der Waals surface area contributed by atoms with Gasteiger partial charge in [-0.15, -0.1) is 0 Å². The Kier molecular flexibility index (Phi) is 8.12. The predicted octanol–water partition coefficient (Wildman–Crippen LogP) is 15.2. The van der Waals surface area contributed by atoms with Gasteiger partial charge in [0.15, 0.2) is 0 Å². The van der Waals surface area contributed by atoms with Crippen LogP contribution in [0.5, 0.6) is 0 Å². The van der Waals surface area contributed by atoms with Gasteiger partial charge >= 0.3 is 0 Å². The first-order chi connectivity index (χ1) is 28.8. The van der Waals surface area contributed by atoms with Crippen LogP contribution in [0, 0.1) is 0 Å². The van der Waals surface area contributed by atoms with Crippen molar-refractivity contribution in [2.45, 2.75) is 5.41 Å². The molecule has 0 heterocycles. The van der Waals surface area contributed by atoms with E-state index in [2.05, 4.69) is 241 Å². The van der Waals surface area contributed by atoms with Gasteiger partial charge in [-0.3, -0.25) is 0 Å². The van der Waals surface area contributed by atoms with Crippen LogP contribution in [-0.2, 0) is 5.41 Å². The Morgan fingerprint density at radius 3 is 1.33 bits per heavy atom. The van der Waals surface area contributed by atoms with Gasteiger partial charge in [-0.05, 0) is 102 Å². The third-order valence-corrected chi connectivity index (χ3v) is 12.1. The van der Waals surface area contributed by atoms with Crippen molar-refractivity contribution in [2.24, 2.45) is 0 Å². The highest BCUT2D eigenvalue weighted by molar-refractivity contribution is 6.01. The Morgan fingerprint density at radius 1 is 0.310 bits per heavy atom. The second kappa shape index (κ2) is 13.9. The largest absolute Gasteiger partial charge is 0.310 e. The van der Waals surface area contributed by atoms with Crippen LogP contribution in [-0.4, -0.2) is 0 Å². The highest BCUT2D eigenvalue weighted by Crippen LogP contribution is 2.59. The molecule has 1 heteroatoms. The van der Waals surface area contributed by atoms with E-state index in [9.17, 15) is 0 Å². The van der Waals surface area contributed by atoms with Gasteiger partial charge in [0, 0.05) is 16.9 Å². The maximum atomic E-state index is 2.49. The zero-order valence-electron chi connectivity index (χ0n) is 32.0. The minimum absolute atomic E-state index is 0.508. The summed E-state index contributed by atoms with van der Waals surface area (Å²) in [6, 6.07) is 86.9. The van der Waals surface area contributed by atoms with Gasteiger partial charge in [0.1, 0.15) is 0 Å². The van der Waals surface area contributed by atoms with Crippen LogP contribution >= 0.6 is 0 Å². The molecule has 0 saturated carbocycles. The minimum atomic E-state index is -0.508. The molecule has 0 spiro atoms. The zero-order chi connectivity index (χ0) is 38.5. The van der Waals surface area contributed by atoms with Gasteiger partial charge in [0.05, 0.1) is 11.1 Å². The van der Waals surface area contributed by atoms with E-state index in [1.165, 1.54) is 77.2 Å². The SMILES string of the molecule is c1ccc(C2(c3ccccc3)c3ccccc3-c3c(N(c4cccc(-c5cccc6ccccc56)c4)c4cccc(-c5cccc6ccccc56)c4)cccc32)cc1. The Balaban J connectivity index is 1.20. The number of anilines is 3. The minimum Gasteiger partial charge on any atom is -0.310 e. The van der Waals surface area contributed by atoms with Crippen LogP contribution in [0.2, 0.25) is 0 Å². The fraction of sp³-hybridized carbons (Fsp3) is 0.0175. The first-order valence-electron chi connectivity index (χ1n) is 20.1. The fourth-order valence-corrected chi connectivity index (χ4v) is 9.67. The normalized spacial score (nSPS) is 12.6. The Bertz CT molecular complexity index is 2950. The van der Waals surface area contributed by atoms with E-state index < -0.39 is 5.41 Å². The first-order valence-corrected chi connectivity index (χ1v) is 20.1. The molecule has 0 radical (unpaired) electrons. The molecule has 0 unspecified atom stereocenters. The van der Waals surface area contributed by atoms with E-state index in [1.807, 2.05) is 0 Å². The lowest BCUT2D eigenvalue weighted by molar-refractivity contribution is 0.768. The Hall–Kier alpha value is -7.48. The molecule has 0 atom stereocenters. The van der Waals surface area contributed by atoms with E-state index in [1.54, 1.807) is 0 Å². The summed E-state index contributed by atoms with van der Waals surface area (Å²) in [4.78, 5) is 2.49. The van der Waals surface area contributed by atoms with Crippen LogP contribution < -0.4 is 4.90 Å². The van der Waals surface area contributed by atoms with Crippen LogP contribution in [0.1, 0.15) is 22.3 Å². The van der Waals surface area contributed by atoms with Gasteiger partial charge in [-0.1, -0.05) is 206 Å². The molecule has 0 aromatic heterocycles. The summed E-state index contributed by atoms with van der Waals surface area (Å²) in [5.41, 5.74) is 15.2. The summed E-state index contributed by atoms with van der Waals surface area (Å²) in [6.07, 6.45) is 0. The molecule has 1 aliphatic carbocycles. The van der Waals surface area contributed by atoms with Gasteiger partial charge in [0.2, 0.25) is 0 Å². The maximum absolute atomic E-state index is 2.49. The second-order valence-electron chi connectivity index (χ2n) is 15.2. The number of hydrogen-bond donors (Lipinski definition) is 0. The van der Waals surface area contributed by atoms with E-state index in [-0.39, 0.29) is 0 Å². The van der Waals surface area contributed by atoms with Gasteiger partial charge in [0.25, 0.3) is 0 Å². The third-order valence-electron chi connectivity index (χ3n) is 12.1. The molecule has 0 bridgehead atoms. The molecule has 10 aromatic carbocycles. The molecule has 0 aliphatic heterocycles. The molecule has 0 saturated heterocycles. The van der Waals surface area contributed by atoms with Crippen molar-refractivity contribution in [1.82, 2.24) is 0 Å². The van der Waals surface area contributed by atoms with Crippen LogP contribution in [0.25, 0.3) is 54.9 Å². The average Bonchev–Trinajstić information content (AvgIpc) is 3.61. The predicted molar refractivity (Wildman–Crippen MR) is 244 cm³/mol. The Morgan fingerprint density at radius 2 is 0.741 bits per heavy atom. The summed E-state index contributed by atoms with van der Waals surface area (Å²) < 4.78 is 0. The lowest BCUT2D eigenvalue weighted by Crippen LogP contribution is -2.28. The summed E-state index contributed by atoms with van der Waals surface area (Å²) in [7, 11) is 0. The molecule has 0 amide bonds. The molecule has 0 N–H and O–H groups in total. The van der Waals surface area contributed by atoms with E-state index in [0.29, 0.717) is 0 Å². The van der Waals surface area contributed by atoms with Crippen molar-refractivity contribution in [3.63, 3.8) is 0 Å². The lowest BCUT2D eigenvalue weighted by atomic mass is 9.68. The molecular weight excluding hydrogens is 699 g/mol. The quantitative estimate of drug-likeness (QED) is 0.157. The van der Waals surface area contributed by atoms with Crippen LogP contribution in [0.3, 0.4) is 0 Å². The standard InChI is InChI=1S/C57H39N/c1-3-24-44(25-4-1)57(45-26-5-2-6-27-45)53-35-12-11-32-52(53)56-54(57)36-17-37-55(56)58(46-28-13-22-42(38-46)50-33-15-20-40-18-7-9-30-48(40)50)47-29-14-23-43(39-47)51-34-16-21-41-19-8-10-31-49(41)51/h1-39H. The smallest absolute Gasteiger partial charge is 0.0714 e. The fourth-order valence-electron chi connectivity index (χ4n) is 9.67. The summed E-state index contributed by atoms with van der Waals surface area (Å²) >= 11 is 0. The third kappa shape index (κ3) is 5.32. The monoisotopic (exact) mass is 737 g/mol. The van der Waals surface area contributed by atoms with Gasteiger partial charge < -0.3 is 4.90 Å². The van der Waals surface area contributed by atoms with Crippen molar-refractivity contribution >= 4 is 38.6 Å². The number of rotatable bonds is 7. The topological polar surface area (TPSA) is 3.24 Å². The van der Waals surface area contributed by atoms with Crippen molar-refractivity contribution in [2.75, 3.05) is 4.90 Å². The molecule has 272 valence electrons. The lowest BCUT2D eigenvalue weighted by Gasteiger charge is -2.34. The second-order valence-corrected chi connectivity index (χ2v) is 15.2. The maximum Gasteiger partial charge on any atom is 0.0714 e. The average molecular weight is 738 g/mol. The number of fused-ring (bicyclic) bond motifs is 5. The molecule has 0 fully saturated rings. The van der Waals surface area contributed by atoms with Gasteiger partial charge in [-0.2, -0.15) is 0 Å². The van der Waals surface area contributed by atoms with E-state index >= 15 is 0 Å². The van der Waals surface area contributed by atoms with Crippen LogP contribution in [0.4, 0.5) is 17.1 Å². The van der Waals surface area contributed by atoms with Crippen molar-refractivity contribution < 1.29 is 0 Å². The number of nitrogens with zero attached hydrogens (tertiary/aromatic N) is 1. The summed E-state index contributed by atoms with van der Waals surface area (Å²) in [5.74, 6) is 0. The molecule has 58 heavy (non-hydrogen) atoms. The number of hydrogen-bond acceptors (Lipinski definition) is 1. The van der Waals surface area contributed by atoms with Crippen molar-refractivity contribution in [3.05, 3.63) is 259 Å². The summed E-state index contributed by atoms with van der Waals surface area (Å²) in [6.45, 7) is 0. The highest BCUT2D eigenvalue weighted by atomic mass is 15.1. The van der Waals surface area contributed by atoms with Crippen molar-refractivity contribution in [3.8, 4) is 33.4 Å². The van der Waals surface area contributed by atoms with Crippen molar-refractivity contribution in [1.29, 1.82) is 0 Å². The van der Waals surface area contributed by atoms with Crippen LogP contribution in [0.15, 0.2) is 237 Å².